The Morgan fingerprint density at radius 2 is 1.83 bits per heavy atom. The molecule has 0 aromatic rings. The second-order valence-electron chi connectivity index (χ2n) is 4.25. The van der Waals surface area contributed by atoms with Crippen LogP contribution < -0.4 is 5.73 Å². The molecule has 3 aliphatic rings. The normalized spacial score (nSPS) is 42.7. The van der Waals surface area contributed by atoms with Crippen LogP contribution in [0.3, 0.4) is 0 Å². The van der Waals surface area contributed by atoms with Gasteiger partial charge in [0.2, 0.25) is 5.91 Å². The van der Waals surface area contributed by atoms with Gasteiger partial charge in [0, 0.05) is 0 Å². The highest BCUT2D eigenvalue weighted by Gasteiger charge is 2.71. The molecular weight excluding hydrogens is 158 g/mol. The van der Waals surface area contributed by atoms with Crippen LogP contribution in [-0.4, -0.2) is 17.0 Å². The Morgan fingerprint density at radius 1 is 1.33 bits per heavy atom. The highest BCUT2D eigenvalue weighted by Crippen LogP contribution is 2.74. The van der Waals surface area contributed by atoms with Gasteiger partial charge in [-0.25, -0.2) is 0 Å². The molecule has 3 aliphatic carbocycles. The maximum Gasteiger partial charge on any atom is 0.303 e. The van der Waals surface area contributed by atoms with Crippen LogP contribution in [0.4, 0.5) is 0 Å². The molecule has 0 aromatic heterocycles. The number of amides is 1. The number of aliphatic carboxylic acids is 1. The Hall–Kier alpha value is -1.06. The number of nitrogens with two attached hydrogens (primary N) is 1. The zero-order chi connectivity index (χ0) is 8.98. The van der Waals surface area contributed by atoms with Crippen LogP contribution in [0.1, 0.15) is 25.7 Å². The van der Waals surface area contributed by atoms with Gasteiger partial charge in [0.05, 0.1) is 11.8 Å². The molecule has 0 aromatic carbocycles. The zero-order valence-electron chi connectivity index (χ0n) is 6.67. The molecule has 2 bridgehead atoms. The van der Waals surface area contributed by atoms with Crippen molar-refractivity contribution in [3.8, 4) is 0 Å². The van der Waals surface area contributed by atoms with Gasteiger partial charge in [0.25, 0.3) is 0 Å². The summed E-state index contributed by atoms with van der Waals surface area (Å²) in [4.78, 5) is 21.2. The first-order valence-corrected chi connectivity index (χ1v) is 4.00. The average molecular weight is 169 g/mol. The van der Waals surface area contributed by atoms with Gasteiger partial charge in [0.15, 0.2) is 0 Å². The topological polar surface area (TPSA) is 80.4 Å². The van der Waals surface area contributed by atoms with E-state index in [9.17, 15) is 9.59 Å². The minimum absolute atomic E-state index is 0.0686. The van der Waals surface area contributed by atoms with Crippen LogP contribution in [0.25, 0.3) is 0 Å². The van der Waals surface area contributed by atoms with Gasteiger partial charge >= 0.3 is 5.97 Å². The molecule has 0 spiro atoms. The van der Waals surface area contributed by atoms with Crippen LogP contribution in [0.5, 0.6) is 0 Å². The third kappa shape index (κ3) is 0.722. The van der Waals surface area contributed by atoms with Crippen LogP contribution in [0.2, 0.25) is 0 Å². The Balaban J connectivity index is 1.95. The molecule has 0 atom stereocenters. The van der Waals surface area contributed by atoms with Crippen molar-refractivity contribution in [2.45, 2.75) is 25.7 Å². The van der Waals surface area contributed by atoms with Crippen LogP contribution in [0, 0.1) is 10.8 Å². The lowest BCUT2D eigenvalue weighted by atomic mass is 9.34. The molecular formula is C8H11NO3. The molecule has 0 aliphatic heterocycles. The Morgan fingerprint density at radius 3 is 2.17 bits per heavy atom. The van der Waals surface area contributed by atoms with E-state index in [2.05, 4.69) is 0 Å². The van der Waals surface area contributed by atoms with Gasteiger partial charge in [-0.15, -0.1) is 0 Å². The number of carboxylic acid groups (broad SMARTS) is 1. The minimum atomic E-state index is -0.771. The van der Waals surface area contributed by atoms with Crippen LogP contribution >= 0.6 is 0 Å². The van der Waals surface area contributed by atoms with E-state index >= 15 is 0 Å². The molecule has 3 rings (SSSR count). The smallest absolute Gasteiger partial charge is 0.303 e. The molecule has 3 saturated carbocycles. The number of carbonyl (C=O) groups is 2. The molecule has 0 radical (unpaired) electrons. The van der Waals surface area contributed by atoms with Crippen molar-refractivity contribution in [2.24, 2.45) is 16.6 Å². The van der Waals surface area contributed by atoms with E-state index in [0.29, 0.717) is 19.3 Å². The highest BCUT2D eigenvalue weighted by atomic mass is 16.4. The fraction of sp³-hybridized carbons (Fsp3) is 0.750. The summed E-state index contributed by atoms with van der Waals surface area (Å²) in [7, 11) is 0. The van der Waals surface area contributed by atoms with Crippen molar-refractivity contribution in [2.75, 3.05) is 0 Å². The lowest BCUT2D eigenvalue weighted by Gasteiger charge is -2.68. The quantitative estimate of drug-likeness (QED) is 0.629. The van der Waals surface area contributed by atoms with E-state index in [-0.39, 0.29) is 23.2 Å². The van der Waals surface area contributed by atoms with Gasteiger partial charge in [-0.05, 0) is 24.7 Å². The van der Waals surface area contributed by atoms with Gasteiger partial charge < -0.3 is 10.8 Å². The predicted molar refractivity (Wildman–Crippen MR) is 40.2 cm³/mol. The van der Waals surface area contributed by atoms with Crippen LogP contribution in [0.15, 0.2) is 0 Å². The van der Waals surface area contributed by atoms with E-state index < -0.39 is 5.97 Å². The van der Waals surface area contributed by atoms with Gasteiger partial charge in [-0.3, -0.25) is 9.59 Å². The van der Waals surface area contributed by atoms with E-state index in [4.69, 9.17) is 10.8 Å². The molecule has 3 fully saturated rings. The summed E-state index contributed by atoms with van der Waals surface area (Å²) >= 11 is 0. The Labute approximate surface area is 69.7 Å². The third-order valence-corrected chi connectivity index (χ3v) is 3.19. The summed E-state index contributed by atoms with van der Waals surface area (Å²) in [6.45, 7) is 0. The SMILES string of the molecule is NC(=O)C12CC(CC(=O)O)(C1)C2. The molecule has 0 saturated heterocycles. The lowest BCUT2D eigenvalue weighted by molar-refractivity contribution is -0.210. The average Bonchev–Trinajstić information content (AvgIpc) is 1.72. The first-order valence-electron chi connectivity index (χ1n) is 4.00. The van der Waals surface area contributed by atoms with E-state index in [1.54, 1.807) is 0 Å². The summed E-state index contributed by atoms with van der Waals surface area (Å²) in [5.41, 5.74) is 4.79. The summed E-state index contributed by atoms with van der Waals surface area (Å²) in [5, 5.41) is 8.55. The first kappa shape index (κ1) is 7.58. The van der Waals surface area contributed by atoms with E-state index in [0.717, 1.165) is 0 Å². The van der Waals surface area contributed by atoms with Crippen molar-refractivity contribution in [3.05, 3.63) is 0 Å². The van der Waals surface area contributed by atoms with E-state index in [1.807, 2.05) is 0 Å². The number of rotatable bonds is 3. The third-order valence-electron chi connectivity index (χ3n) is 3.19. The molecule has 1 amide bonds. The van der Waals surface area contributed by atoms with Crippen molar-refractivity contribution >= 4 is 11.9 Å². The second kappa shape index (κ2) is 1.81. The van der Waals surface area contributed by atoms with Crippen molar-refractivity contribution < 1.29 is 14.7 Å². The summed E-state index contributed by atoms with van der Waals surface area (Å²) < 4.78 is 0. The number of hydrogen-bond acceptors (Lipinski definition) is 2. The van der Waals surface area contributed by atoms with Crippen molar-refractivity contribution in [1.82, 2.24) is 0 Å². The molecule has 66 valence electrons. The fourth-order valence-electron chi connectivity index (χ4n) is 2.77. The summed E-state index contributed by atoms with van der Waals surface area (Å²) in [5.74, 6) is -1.03. The monoisotopic (exact) mass is 169 g/mol. The second-order valence-corrected chi connectivity index (χ2v) is 4.25. The van der Waals surface area contributed by atoms with Crippen LogP contribution in [-0.2, 0) is 9.59 Å². The zero-order valence-corrected chi connectivity index (χ0v) is 6.67. The molecule has 0 heterocycles. The van der Waals surface area contributed by atoms with Gasteiger partial charge in [-0.1, -0.05) is 0 Å². The van der Waals surface area contributed by atoms with Gasteiger partial charge in [0.1, 0.15) is 0 Å². The number of hydrogen-bond donors (Lipinski definition) is 2. The van der Waals surface area contributed by atoms with E-state index in [1.165, 1.54) is 0 Å². The number of carbonyl (C=O) groups excluding carboxylic acids is 1. The molecule has 3 N–H and O–H groups in total. The standard InChI is InChI=1S/C8H11NO3/c9-6(12)8-2-7(3-8,4-8)1-5(10)11/h1-4H2,(H2,9,12)(H,10,11). The molecule has 0 unspecified atom stereocenters. The Bertz CT molecular complexity index is 252. The first-order chi connectivity index (χ1) is 5.48. The molecule has 4 nitrogen and oxygen atoms in total. The maximum absolute atomic E-state index is 10.8. The molecule has 12 heavy (non-hydrogen) atoms. The predicted octanol–water partition coefficient (Wildman–Crippen LogP) is 0.117. The minimum Gasteiger partial charge on any atom is -0.481 e. The summed E-state index contributed by atoms with van der Waals surface area (Å²) in [6.07, 6.45) is 2.28. The maximum atomic E-state index is 10.8. The fourth-order valence-corrected chi connectivity index (χ4v) is 2.77. The highest BCUT2D eigenvalue weighted by molar-refractivity contribution is 5.85. The number of carboxylic acids is 1. The molecule has 4 heteroatoms. The summed E-state index contributed by atoms with van der Waals surface area (Å²) in [6, 6.07) is 0. The largest absolute Gasteiger partial charge is 0.481 e. The lowest BCUT2D eigenvalue weighted by Crippen LogP contribution is -2.67. The van der Waals surface area contributed by atoms with Gasteiger partial charge in [-0.2, -0.15) is 0 Å². The number of primary amides is 1. The Kier molecular flexibility index (Phi) is 1.14. The van der Waals surface area contributed by atoms with Crippen molar-refractivity contribution in [1.29, 1.82) is 0 Å². The van der Waals surface area contributed by atoms with Crippen molar-refractivity contribution in [3.63, 3.8) is 0 Å².